The van der Waals surface area contributed by atoms with Crippen molar-refractivity contribution in [1.29, 1.82) is 0 Å². The molecule has 0 spiro atoms. The molecule has 2 aliphatic rings. The van der Waals surface area contributed by atoms with E-state index in [1.54, 1.807) is 0 Å². The second-order valence-electron chi connectivity index (χ2n) is 7.76. The van der Waals surface area contributed by atoms with Crippen molar-refractivity contribution in [2.45, 2.75) is 18.9 Å². The molecule has 1 saturated heterocycles. The second kappa shape index (κ2) is 7.56. The number of fused-ring (bicyclic) bond motifs is 1. The van der Waals surface area contributed by atoms with E-state index in [-0.39, 0.29) is 42.4 Å². The first-order valence-corrected chi connectivity index (χ1v) is 11.9. The van der Waals surface area contributed by atoms with Crippen molar-refractivity contribution in [2.24, 2.45) is 0 Å². The van der Waals surface area contributed by atoms with E-state index in [9.17, 15) is 24.3 Å². The summed E-state index contributed by atoms with van der Waals surface area (Å²) in [7, 11) is -0.758. The highest BCUT2D eigenvalue weighted by molar-refractivity contribution is 8.32. The van der Waals surface area contributed by atoms with E-state index >= 15 is 0 Å². The first kappa shape index (κ1) is 20.3. The van der Waals surface area contributed by atoms with Crippen molar-refractivity contribution in [3.63, 3.8) is 0 Å². The molecular weight excluding hydrogens is 384 g/mol. The minimum absolute atomic E-state index is 0.0446. The van der Waals surface area contributed by atoms with Crippen LogP contribution in [-0.4, -0.2) is 82.4 Å². The van der Waals surface area contributed by atoms with Crippen LogP contribution in [-0.2, 0) is 14.3 Å². The minimum Gasteiger partial charge on any atom is -0.508 e. The monoisotopic (exact) mass is 408 g/mol. The molecule has 4 amide bonds. The summed E-state index contributed by atoms with van der Waals surface area (Å²) in [5, 5.41) is 9.59. The molecule has 1 N–H and O–H groups in total. The lowest BCUT2D eigenvalue weighted by molar-refractivity contribution is -0.157. The number of benzene rings is 1. The van der Waals surface area contributed by atoms with E-state index < -0.39 is 33.8 Å². The Morgan fingerprint density at radius 2 is 1.79 bits per heavy atom. The molecule has 8 nitrogen and oxygen atoms in total. The van der Waals surface area contributed by atoms with Crippen molar-refractivity contribution in [1.82, 2.24) is 9.80 Å². The fourth-order valence-corrected chi connectivity index (χ4v) is 3.81. The van der Waals surface area contributed by atoms with Crippen LogP contribution in [0.4, 0.5) is 0 Å². The van der Waals surface area contributed by atoms with E-state index in [1.165, 1.54) is 18.2 Å². The van der Waals surface area contributed by atoms with Gasteiger partial charge in [-0.15, -0.1) is 0 Å². The molecule has 0 aromatic heterocycles. The highest BCUT2D eigenvalue weighted by atomic mass is 32.3. The van der Waals surface area contributed by atoms with Crippen LogP contribution in [0.3, 0.4) is 0 Å². The number of amides is 4. The van der Waals surface area contributed by atoms with Gasteiger partial charge in [-0.05, 0) is 43.4 Å². The predicted molar refractivity (Wildman–Crippen MR) is 105 cm³/mol. The number of rotatable bonds is 6. The molecule has 1 aromatic carbocycles. The Morgan fingerprint density at radius 3 is 2.46 bits per heavy atom. The number of piperidine rings is 1. The molecule has 0 saturated carbocycles. The average molecular weight is 408 g/mol. The van der Waals surface area contributed by atoms with Gasteiger partial charge in [-0.25, -0.2) is 10.0 Å². The van der Waals surface area contributed by atoms with Crippen LogP contribution in [0.25, 0.3) is 0 Å². The van der Waals surface area contributed by atoms with E-state index in [2.05, 4.69) is 18.8 Å². The lowest BCUT2D eigenvalue weighted by Crippen LogP contribution is -2.56. The summed E-state index contributed by atoms with van der Waals surface area (Å²) in [6.45, 7) is 0.237. The summed E-state index contributed by atoms with van der Waals surface area (Å²) >= 11 is 0. The zero-order valence-corrected chi connectivity index (χ0v) is 17.0. The number of ether oxygens (including phenoxy) is 1. The van der Waals surface area contributed by atoms with Crippen molar-refractivity contribution in [3.05, 3.63) is 29.3 Å². The Hall–Kier alpha value is -2.39. The average Bonchev–Trinajstić information content (AvgIpc) is 2.84. The lowest BCUT2D eigenvalue weighted by atomic mass is 10.0. The summed E-state index contributed by atoms with van der Waals surface area (Å²) in [5.41, 5.74) is 0.203. The van der Waals surface area contributed by atoms with Gasteiger partial charge in [0.15, 0.2) is 0 Å². The molecule has 1 atom stereocenters. The van der Waals surface area contributed by atoms with Gasteiger partial charge in [-0.2, -0.15) is 0 Å². The highest BCUT2D eigenvalue weighted by Gasteiger charge is 2.47. The highest BCUT2D eigenvalue weighted by Crippen LogP contribution is 2.34. The van der Waals surface area contributed by atoms with Crippen LogP contribution in [0.1, 0.15) is 33.6 Å². The Bertz CT molecular complexity index is 847. The molecule has 0 aliphatic carbocycles. The molecule has 0 radical (unpaired) electrons. The number of imide groups is 2. The molecule has 28 heavy (non-hydrogen) atoms. The topological polar surface area (TPSA) is 104 Å². The smallest absolute Gasteiger partial charge is 0.262 e. The van der Waals surface area contributed by atoms with Crippen molar-refractivity contribution >= 4 is 33.7 Å². The van der Waals surface area contributed by atoms with Crippen molar-refractivity contribution < 1.29 is 29.0 Å². The molecular formula is C19H24N2O6S. The summed E-state index contributed by atoms with van der Waals surface area (Å²) in [5.74, 6) is -1.51. The standard InChI is InChI=1S/C19H24N2O6S/c1-28(2,3)9-8-27-11-20-16(23)7-6-15(19(20)26)21-17(24)13-5-4-12(22)10-14(13)18(21)25/h4-5,10,15,22H,6-9,11H2,1-3H3. The van der Waals surface area contributed by atoms with Gasteiger partial charge in [-0.1, -0.05) is 0 Å². The molecule has 1 unspecified atom stereocenters. The van der Waals surface area contributed by atoms with Crippen molar-refractivity contribution in [2.75, 3.05) is 37.9 Å². The van der Waals surface area contributed by atoms with Crippen LogP contribution in [0.2, 0.25) is 0 Å². The number of carbonyl (C=O) groups excluding carboxylic acids is 4. The normalized spacial score (nSPS) is 20.8. The van der Waals surface area contributed by atoms with E-state index in [0.717, 1.165) is 15.6 Å². The zero-order valence-electron chi connectivity index (χ0n) is 16.1. The molecule has 2 heterocycles. The van der Waals surface area contributed by atoms with Gasteiger partial charge in [0.25, 0.3) is 17.7 Å². The molecule has 1 aromatic rings. The van der Waals surface area contributed by atoms with E-state index in [0.29, 0.717) is 6.61 Å². The number of hydrogen-bond acceptors (Lipinski definition) is 6. The summed E-state index contributed by atoms with van der Waals surface area (Å²) in [6.07, 6.45) is 6.55. The Balaban J connectivity index is 1.73. The molecule has 1 fully saturated rings. The summed E-state index contributed by atoms with van der Waals surface area (Å²) < 4.78 is 5.52. The second-order valence-corrected chi connectivity index (χ2v) is 12.3. The largest absolute Gasteiger partial charge is 0.508 e. The van der Waals surface area contributed by atoms with Crippen LogP contribution in [0.5, 0.6) is 5.75 Å². The SMILES string of the molecule is CS(C)(C)CCOCN1C(=O)CCC(N2C(=O)c3ccc(O)cc3C2=O)C1=O. The Labute approximate surface area is 164 Å². The van der Waals surface area contributed by atoms with Gasteiger partial charge in [0.05, 0.1) is 17.7 Å². The molecule has 152 valence electrons. The summed E-state index contributed by atoms with van der Waals surface area (Å²) in [4.78, 5) is 52.3. The van der Waals surface area contributed by atoms with Crippen LogP contribution in [0, 0.1) is 0 Å². The molecule has 0 bridgehead atoms. The van der Waals surface area contributed by atoms with Gasteiger partial charge in [0.2, 0.25) is 5.91 Å². The predicted octanol–water partition coefficient (Wildman–Crippen LogP) is 1.17. The Morgan fingerprint density at radius 1 is 1.11 bits per heavy atom. The van der Waals surface area contributed by atoms with Gasteiger partial charge >= 0.3 is 0 Å². The van der Waals surface area contributed by atoms with Gasteiger partial charge in [-0.3, -0.25) is 29.0 Å². The van der Waals surface area contributed by atoms with Crippen LogP contribution in [0.15, 0.2) is 18.2 Å². The molecule has 3 rings (SSSR count). The van der Waals surface area contributed by atoms with Crippen molar-refractivity contribution in [3.8, 4) is 5.75 Å². The van der Waals surface area contributed by atoms with Gasteiger partial charge in [0.1, 0.15) is 18.5 Å². The third-order valence-electron chi connectivity index (χ3n) is 4.76. The minimum atomic E-state index is -1.05. The zero-order chi connectivity index (χ0) is 20.6. The number of phenols is 1. The number of aromatic hydroxyl groups is 1. The first-order chi connectivity index (χ1) is 13.1. The molecule has 9 heteroatoms. The van der Waals surface area contributed by atoms with Crippen LogP contribution < -0.4 is 0 Å². The third-order valence-corrected chi connectivity index (χ3v) is 6.15. The Kier molecular flexibility index (Phi) is 5.49. The number of likely N-dealkylation sites (tertiary alicyclic amines) is 1. The number of carbonyl (C=O) groups is 4. The summed E-state index contributed by atoms with van der Waals surface area (Å²) in [6, 6.07) is 2.84. The van der Waals surface area contributed by atoms with Crippen LogP contribution >= 0.6 is 10.0 Å². The number of nitrogens with zero attached hydrogens (tertiary/aromatic N) is 2. The quantitative estimate of drug-likeness (QED) is 0.560. The third kappa shape index (κ3) is 3.90. The fraction of sp³-hybridized carbons (Fsp3) is 0.474. The van der Waals surface area contributed by atoms with E-state index in [1.807, 2.05) is 0 Å². The van der Waals surface area contributed by atoms with Gasteiger partial charge in [0, 0.05) is 12.2 Å². The van der Waals surface area contributed by atoms with Gasteiger partial charge < -0.3 is 9.84 Å². The lowest BCUT2D eigenvalue weighted by Gasteiger charge is -2.34. The maximum atomic E-state index is 12.9. The number of hydrogen-bond donors (Lipinski definition) is 1. The van der Waals surface area contributed by atoms with E-state index in [4.69, 9.17) is 4.74 Å². The number of phenolic OH excluding ortho intramolecular Hbond substituents is 1. The first-order valence-electron chi connectivity index (χ1n) is 8.89. The maximum absolute atomic E-state index is 12.9. The molecule has 2 aliphatic heterocycles. The maximum Gasteiger partial charge on any atom is 0.262 e. The fourth-order valence-electron chi connectivity index (χ4n) is 3.19.